The van der Waals surface area contributed by atoms with Gasteiger partial charge in [0.25, 0.3) is 0 Å². The molecule has 1 aromatic carbocycles. The molecular formula is C11H9BrFNO. The van der Waals surface area contributed by atoms with E-state index in [1.54, 1.807) is 19.1 Å². The van der Waals surface area contributed by atoms with Gasteiger partial charge in [0, 0.05) is 10.9 Å². The van der Waals surface area contributed by atoms with E-state index in [4.69, 9.17) is 4.42 Å². The lowest BCUT2D eigenvalue weighted by Gasteiger charge is -2.01. The summed E-state index contributed by atoms with van der Waals surface area (Å²) in [6.07, 6.45) is 1.39. The van der Waals surface area contributed by atoms with Gasteiger partial charge in [-0.25, -0.2) is 9.37 Å². The van der Waals surface area contributed by atoms with Crippen molar-refractivity contribution in [1.82, 2.24) is 4.98 Å². The Hall–Kier alpha value is -1.16. The maximum Gasteiger partial charge on any atom is 0.181 e. The van der Waals surface area contributed by atoms with Crippen LogP contribution in [0.4, 0.5) is 4.39 Å². The van der Waals surface area contributed by atoms with Crippen molar-refractivity contribution in [2.75, 3.05) is 0 Å². The molecule has 2 rings (SSSR count). The number of nitrogens with zero attached hydrogens (tertiary/aromatic N) is 1. The van der Waals surface area contributed by atoms with Gasteiger partial charge in [-0.05, 0) is 30.7 Å². The van der Waals surface area contributed by atoms with E-state index in [9.17, 15) is 4.39 Å². The smallest absolute Gasteiger partial charge is 0.181 e. The fourth-order valence-electron chi connectivity index (χ4n) is 1.39. The third-order valence-electron chi connectivity index (χ3n) is 2.19. The second-order valence-electron chi connectivity index (χ2n) is 3.23. The first-order valence-corrected chi connectivity index (χ1v) is 5.59. The van der Waals surface area contributed by atoms with Gasteiger partial charge in [-0.15, -0.1) is 0 Å². The first-order valence-electron chi connectivity index (χ1n) is 4.47. The van der Waals surface area contributed by atoms with Crippen LogP contribution in [0.3, 0.4) is 0 Å². The molecule has 2 aromatic rings. The highest BCUT2D eigenvalue weighted by Crippen LogP contribution is 2.26. The molecule has 0 bridgehead atoms. The minimum absolute atomic E-state index is 0.210. The van der Waals surface area contributed by atoms with Crippen LogP contribution in [0, 0.1) is 12.7 Å². The zero-order chi connectivity index (χ0) is 10.8. The van der Waals surface area contributed by atoms with Crippen LogP contribution in [0.1, 0.15) is 11.3 Å². The Morgan fingerprint density at radius 2 is 2.27 bits per heavy atom. The topological polar surface area (TPSA) is 26.0 Å². The summed E-state index contributed by atoms with van der Waals surface area (Å²) in [5, 5.41) is 0.620. The van der Waals surface area contributed by atoms with Gasteiger partial charge < -0.3 is 4.42 Å². The fourth-order valence-corrected chi connectivity index (χ4v) is 1.78. The fraction of sp³-hybridized carbons (Fsp3) is 0.182. The van der Waals surface area contributed by atoms with Gasteiger partial charge in [0.15, 0.2) is 12.2 Å². The van der Waals surface area contributed by atoms with Crippen molar-refractivity contribution in [3.63, 3.8) is 0 Å². The zero-order valence-corrected chi connectivity index (χ0v) is 9.71. The highest BCUT2D eigenvalue weighted by atomic mass is 79.9. The van der Waals surface area contributed by atoms with Crippen LogP contribution in [-0.2, 0) is 5.33 Å². The summed E-state index contributed by atoms with van der Waals surface area (Å²) in [5.74, 6) is 0.480. The number of halogens is 2. The molecule has 0 unspecified atom stereocenters. The maximum absolute atomic E-state index is 13.1. The Balaban J connectivity index is 2.50. The predicted octanol–water partition coefficient (Wildman–Crippen LogP) is 3.68. The van der Waals surface area contributed by atoms with Gasteiger partial charge in [-0.2, -0.15) is 0 Å². The molecular weight excluding hydrogens is 261 g/mol. The van der Waals surface area contributed by atoms with Crippen molar-refractivity contribution in [2.45, 2.75) is 12.3 Å². The summed E-state index contributed by atoms with van der Waals surface area (Å²) >= 11 is 3.32. The Labute approximate surface area is 95.3 Å². The van der Waals surface area contributed by atoms with E-state index < -0.39 is 0 Å². The molecule has 2 nitrogen and oxygen atoms in total. The van der Waals surface area contributed by atoms with Crippen molar-refractivity contribution in [3.05, 3.63) is 41.7 Å². The third kappa shape index (κ3) is 1.95. The van der Waals surface area contributed by atoms with Crippen LogP contribution in [0.25, 0.3) is 11.3 Å². The predicted molar refractivity (Wildman–Crippen MR) is 59.3 cm³/mol. The number of oxazole rings is 1. The van der Waals surface area contributed by atoms with Crippen LogP contribution < -0.4 is 0 Å². The van der Waals surface area contributed by atoms with Crippen LogP contribution in [0.5, 0.6) is 0 Å². The lowest BCUT2D eigenvalue weighted by molar-refractivity contribution is 0.570. The molecule has 0 spiro atoms. The lowest BCUT2D eigenvalue weighted by Crippen LogP contribution is -1.86. The van der Waals surface area contributed by atoms with Crippen molar-refractivity contribution in [1.29, 1.82) is 0 Å². The molecule has 0 radical (unpaired) electrons. The monoisotopic (exact) mass is 269 g/mol. The minimum Gasteiger partial charge on any atom is -0.443 e. The molecule has 0 N–H and O–H groups in total. The van der Waals surface area contributed by atoms with E-state index in [0.717, 1.165) is 11.3 Å². The zero-order valence-electron chi connectivity index (χ0n) is 8.13. The number of rotatable bonds is 2. The van der Waals surface area contributed by atoms with Crippen molar-refractivity contribution in [3.8, 4) is 11.3 Å². The molecule has 0 aliphatic carbocycles. The van der Waals surface area contributed by atoms with Crippen LogP contribution >= 0.6 is 15.9 Å². The first-order chi connectivity index (χ1) is 7.22. The molecule has 0 saturated heterocycles. The van der Waals surface area contributed by atoms with E-state index in [1.807, 2.05) is 0 Å². The summed E-state index contributed by atoms with van der Waals surface area (Å²) in [6.45, 7) is 1.73. The maximum atomic E-state index is 13.1. The van der Waals surface area contributed by atoms with Gasteiger partial charge in [0.1, 0.15) is 5.82 Å². The van der Waals surface area contributed by atoms with Gasteiger partial charge in [-0.3, -0.25) is 0 Å². The molecule has 0 aliphatic heterocycles. The van der Waals surface area contributed by atoms with Crippen molar-refractivity contribution in [2.24, 2.45) is 0 Å². The van der Waals surface area contributed by atoms with Gasteiger partial charge in [-0.1, -0.05) is 15.9 Å². The van der Waals surface area contributed by atoms with Gasteiger partial charge >= 0.3 is 0 Å². The summed E-state index contributed by atoms with van der Waals surface area (Å²) in [5.41, 5.74) is 2.27. The first kappa shape index (κ1) is 10.4. The van der Waals surface area contributed by atoms with Crippen LogP contribution in [-0.4, -0.2) is 4.98 Å². The number of hydrogen-bond donors (Lipinski definition) is 0. The number of aromatic nitrogens is 1. The molecule has 1 heterocycles. The summed E-state index contributed by atoms with van der Waals surface area (Å²) in [6, 6.07) is 4.88. The molecule has 78 valence electrons. The number of hydrogen-bond acceptors (Lipinski definition) is 2. The van der Waals surface area contributed by atoms with Crippen LogP contribution in [0.15, 0.2) is 29.0 Å². The average molecular weight is 270 g/mol. The van der Waals surface area contributed by atoms with E-state index in [-0.39, 0.29) is 5.82 Å². The lowest BCUT2D eigenvalue weighted by atomic mass is 10.1. The summed E-state index contributed by atoms with van der Waals surface area (Å²) in [7, 11) is 0. The number of aryl methyl sites for hydroxylation is 1. The van der Waals surface area contributed by atoms with Gasteiger partial charge in [0.2, 0.25) is 0 Å². The SMILES string of the molecule is Cc1cc(-c2ocnc2CBr)ccc1F. The molecule has 0 aliphatic rings. The molecule has 0 fully saturated rings. The second-order valence-corrected chi connectivity index (χ2v) is 3.79. The number of benzene rings is 1. The largest absolute Gasteiger partial charge is 0.443 e. The molecule has 1 aromatic heterocycles. The van der Waals surface area contributed by atoms with Crippen molar-refractivity contribution >= 4 is 15.9 Å². The normalized spacial score (nSPS) is 10.6. The van der Waals surface area contributed by atoms with E-state index in [1.165, 1.54) is 12.5 Å². The average Bonchev–Trinajstić information content (AvgIpc) is 2.70. The summed E-state index contributed by atoms with van der Waals surface area (Å²) in [4.78, 5) is 4.06. The minimum atomic E-state index is -0.210. The second kappa shape index (κ2) is 4.14. The van der Waals surface area contributed by atoms with E-state index >= 15 is 0 Å². The van der Waals surface area contributed by atoms with Gasteiger partial charge in [0.05, 0.1) is 5.69 Å². The molecule has 0 amide bonds. The Morgan fingerprint density at radius 1 is 1.47 bits per heavy atom. The van der Waals surface area contributed by atoms with E-state index in [2.05, 4.69) is 20.9 Å². The molecule has 15 heavy (non-hydrogen) atoms. The number of alkyl halides is 1. The molecule has 0 saturated carbocycles. The Bertz CT molecular complexity index is 481. The standard InChI is InChI=1S/C11H9BrFNO/c1-7-4-8(2-3-9(7)13)11-10(5-12)14-6-15-11/h2-4,6H,5H2,1H3. The van der Waals surface area contributed by atoms with E-state index in [0.29, 0.717) is 16.7 Å². The van der Waals surface area contributed by atoms with Crippen LogP contribution in [0.2, 0.25) is 0 Å². The van der Waals surface area contributed by atoms with Crippen molar-refractivity contribution < 1.29 is 8.81 Å². The highest BCUT2D eigenvalue weighted by molar-refractivity contribution is 9.08. The molecule has 0 atom stereocenters. The summed E-state index contributed by atoms with van der Waals surface area (Å²) < 4.78 is 18.3. The third-order valence-corrected chi connectivity index (χ3v) is 2.72. The Morgan fingerprint density at radius 3 is 2.93 bits per heavy atom. The highest BCUT2D eigenvalue weighted by Gasteiger charge is 2.10. The Kier molecular flexibility index (Phi) is 2.86. The molecule has 4 heteroatoms. The quantitative estimate of drug-likeness (QED) is 0.778.